The van der Waals surface area contributed by atoms with Crippen LogP contribution in [0.1, 0.15) is 12.5 Å². The van der Waals surface area contributed by atoms with Crippen LogP contribution in [0.25, 0.3) is 10.9 Å². The topological polar surface area (TPSA) is 110 Å². The van der Waals surface area contributed by atoms with Gasteiger partial charge in [0, 0.05) is 22.9 Å². The Morgan fingerprint density at radius 1 is 1.36 bits per heavy atom. The second-order valence-corrected chi connectivity index (χ2v) is 9.19. The molecule has 0 aliphatic carbocycles. The molecule has 4 N–H and O–H groups in total. The summed E-state index contributed by atoms with van der Waals surface area (Å²) in [7, 11) is -2.77. The second-order valence-electron chi connectivity index (χ2n) is 6.41. The predicted octanol–water partition coefficient (Wildman–Crippen LogP) is 2.71. The van der Waals surface area contributed by atoms with Crippen molar-refractivity contribution in [3.05, 3.63) is 52.8 Å². The van der Waals surface area contributed by atoms with Gasteiger partial charge in [0.2, 0.25) is 0 Å². The molecular weight excluding hydrogens is 444 g/mol. The lowest BCUT2D eigenvalue weighted by molar-refractivity contribution is 0.208. The third-order valence-corrected chi connectivity index (χ3v) is 5.62. The quantitative estimate of drug-likeness (QED) is 0.463. The molecule has 1 unspecified atom stereocenters. The normalized spacial score (nSPS) is 14.4. The van der Waals surface area contributed by atoms with Crippen LogP contribution >= 0.6 is 15.9 Å². The Kier molecular flexibility index (Phi) is 6.19. The number of aliphatic hydroxyl groups excluding tert-OH is 1. The summed E-state index contributed by atoms with van der Waals surface area (Å²) in [6, 6.07) is 10.7. The lowest BCUT2D eigenvalue weighted by atomic mass is 10.2. The number of fused-ring (bicyclic) bond motifs is 1. The number of anilines is 1. The van der Waals surface area contributed by atoms with Crippen molar-refractivity contribution in [1.82, 2.24) is 9.97 Å². The van der Waals surface area contributed by atoms with E-state index in [9.17, 15) is 9.32 Å². The van der Waals surface area contributed by atoms with E-state index in [1.807, 2.05) is 18.2 Å². The van der Waals surface area contributed by atoms with Crippen molar-refractivity contribution in [1.29, 1.82) is 0 Å². The SMILES string of the molecule is C=S(N)(=O)c1cccc(COc2cc3ncnc(NC[C@@H](C)O)c3cc2Br)c1. The molecule has 0 aliphatic rings. The van der Waals surface area contributed by atoms with Crippen molar-refractivity contribution in [3.8, 4) is 5.75 Å². The largest absolute Gasteiger partial charge is 0.488 e. The summed E-state index contributed by atoms with van der Waals surface area (Å²) < 4.78 is 18.6. The summed E-state index contributed by atoms with van der Waals surface area (Å²) in [4.78, 5) is 9.01. The van der Waals surface area contributed by atoms with Crippen molar-refractivity contribution < 1.29 is 14.1 Å². The lowest BCUT2D eigenvalue weighted by Gasteiger charge is -2.13. The molecule has 9 heteroatoms. The number of nitrogens with one attached hydrogen (secondary N) is 1. The number of aliphatic hydroxyl groups is 1. The van der Waals surface area contributed by atoms with Gasteiger partial charge in [-0.1, -0.05) is 12.1 Å². The van der Waals surface area contributed by atoms with Gasteiger partial charge in [-0.2, -0.15) is 0 Å². The molecule has 0 bridgehead atoms. The van der Waals surface area contributed by atoms with Crippen molar-refractivity contribution in [2.75, 3.05) is 11.9 Å². The highest BCUT2D eigenvalue weighted by atomic mass is 79.9. The molecule has 0 aliphatic heterocycles. The standard InChI is InChI=1S/C19H21BrN4O3S/c1-12(25)9-22-19-15-7-16(20)18(8-17(15)23-11-24-19)27-10-13-4-3-5-14(6-13)28(2,21)26/h3-8,11-12,25H,2,9-10H2,1H3,(H2,21,26)(H,22,23,24)/t12-,28?/m1/s1. The third-order valence-electron chi connectivity index (χ3n) is 3.95. The van der Waals surface area contributed by atoms with E-state index in [1.165, 1.54) is 6.33 Å². The van der Waals surface area contributed by atoms with Crippen molar-refractivity contribution >= 4 is 48.2 Å². The Hall–Kier alpha value is -2.20. The molecule has 2 aromatic carbocycles. The molecule has 3 aromatic rings. The molecule has 1 heterocycles. The minimum absolute atomic E-state index is 0.270. The molecule has 148 valence electrons. The summed E-state index contributed by atoms with van der Waals surface area (Å²) in [6.45, 7) is 2.35. The first-order valence-corrected chi connectivity index (χ1v) is 11.1. The third kappa shape index (κ3) is 4.99. The highest BCUT2D eigenvalue weighted by Gasteiger charge is 2.11. The fourth-order valence-electron chi connectivity index (χ4n) is 2.56. The number of nitrogens with two attached hydrogens (primary N) is 1. The fraction of sp³-hybridized carbons (Fsp3) is 0.211. The van der Waals surface area contributed by atoms with Gasteiger partial charge < -0.3 is 15.2 Å². The Balaban J connectivity index is 1.83. The van der Waals surface area contributed by atoms with Crippen molar-refractivity contribution in [2.24, 2.45) is 5.14 Å². The van der Waals surface area contributed by atoms with Gasteiger partial charge in [-0.25, -0.2) is 14.2 Å². The van der Waals surface area contributed by atoms with E-state index in [-0.39, 0.29) is 6.61 Å². The zero-order valence-corrected chi connectivity index (χ0v) is 17.7. The molecule has 0 spiro atoms. The number of rotatable bonds is 7. The Morgan fingerprint density at radius 3 is 2.86 bits per heavy atom. The van der Waals surface area contributed by atoms with Gasteiger partial charge in [0.15, 0.2) is 0 Å². The van der Waals surface area contributed by atoms with Gasteiger partial charge in [-0.3, -0.25) is 5.14 Å². The van der Waals surface area contributed by atoms with Crippen LogP contribution in [0.3, 0.4) is 0 Å². The van der Waals surface area contributed by atoms with Crippen LogP contribution in [0, 0.1) is 0 Å². The Bertz CT molecular complexity index is 1100. The van der Waals surface area contributed by atoms with Gasteiger partial charge in [0.05, 0.1) is 25.8 Å². The molecular formula is C19H21BrN4O3S. The first kappa shape index (κ1) is 20.5. The number of nitrogens with zero attached hydrogens (tertiary/aromatic N) is 2. The summed E-state index contributed by atoms with van der Waals surface area (Å²) in [5.74, 6) is 4.75. The Morgan fingerprint density at radius 2 is 2.14 bits per heavy atom. The second kappa shape index (κ2) is 8.44. The molecule has 0 radical (unpaired) electrons. The molecule has 0 saturated carbocycles. The van der Waals surface area contributed by atoms with Gasteiger partial charge in [0.25, 0.3) is 0 Å². The maximum atomic E-state index is 11.9. The molecule has 1 aromatic heterocycles. The molecule has 3 rings (SSSR count). The summed E-state index contributed by atoms with van der Waals surface area (Å²) >= 11 is 3.52. The van der Waals surface area contributed by atoms with E-state index in [0.29, 0.717) is 28.5 Å². The average Bonchev–Trinajstić information content (AvgIpc) is 2.64. The van der Waals surface area contributed by atoms with Crippen LogP contribution in [0.2, 0.25) is 0 Å². The lowest BCUT2D eigenvalue weighted by Crippen LogP contribution is -2.16. The average molecular weight is 465 g/mol. The molecule has 28 heavy (non-hydrogen) atoms. The summed E-state index contributed by atoms with van der Waals surface area (Å²) in [6.07, 6.45) is 0.966. The molecule has 2 atom stereocenters. The highest BCUT2D eigenvalue weighted by molar-refractivity contribution is 9.10. The van der Waals surface area contributed by atoms with Gasteiger partial charge in [-0.15, -0.1) is 0 Å². The van der Waals surface area contributed by atoms with E-state index >= 15 is 0 Å². The monoisotopic (exact) mass is 464 g/mol. The number of hydrogen-bond donors (Lipinski definition) is 3. The number of aromatic nitrogens is 2. The first-order chi connectivity index (χ1) is 13.2. The van der Waals surface area contributed by atoms with Crippen molar-refractivity contribution in [3.63, 3.8) is 0 Å². The number of benzene rings is 2. The maximum Gasteiger partial charge on any atom is 0.137 e. The maximum absolute atomic E-state index is 11.9. The van der Waals surface area contributed by atoms with Crippen LogP contribution in [-0.2, 0) is 16.3 Å². The van der Waals surface area contributed by atoms with E-state index in [2.05, 4.69) is 37.1 Å². The van der Waals surface area contributed by atoms with Crippen molar-refractivity contribution in [2.45, 2.75) is 24.5 Å². The number of halogens is 1. The summed E-state index contributed by atoms with van der Waals surface area (Å²) in [5, 5.41) is 19.0. The number of ether oxygens (including phenoxy) is 1. The zero-order valence-electron chi connectivity index (χ0n) is 15.3. The first-order valence-electron chi connectivity index (χ1n) is 8.47. The van der Waals surface area contributed by atoms with Crippen LogP contribution in [0.4, 0.5) is 5.82 Å². The van der Waals surface area contributed by atoms with Crippen LogP contribution in [-0.4, -0.2) is 37.8 Å². The minimum Gasteiger partial charge on any atom is -0.488 e. The highest BCUT2D eigenvalue weighted by Crippen LogP contribution is 2.32. The smallest absolute Gasteiger partial charge is 0.137 e. The predicted molar refractivity (Wildman–Crippen MR) is 116 cm³/mol. The number of hydrogen-bond acceptors (Lipinski definition) is 6. The van der Waals surface area contributed by atoms with E-state index < -0.39 is 15.8 Å². The van der Waals surface area contributed by atoms with E-state index in [1.54, 1.807) is 25.1 Å². The van der Waals surface area contributed by atoms with E-state index in [0.717, 1.165) is 15.4 Å². The fourth-order valence-corrected chi connectivity index (χ4v) is 3.68. The van der Waals surface area contributed by atoms with Crippen LogP contribution in [0.15, 0.2) is 52.1 Å². The zero-order chi connectivity index (χ0) is 20.3. The van der Waals surface area contributed by atoms with Gasteiger partial charge in [-0.05, 0) is 52.5 Å². The molecule has 0 fully saturated rings. The molecule has 0 saturated heterocycles. The van der Waals surface area contributed by atoms with E-state index in [4.69, 9.17) is 9.88 Å². The Labute approximate surface area is 172 Å². The van der Waals surface area contributed by atoms with Crippen LogP contribution in [0.5, 0.6) is 5.75 Å². The minimum atomic E-state index is -2.77. The summed E-state index contributed by atoms with van der Waals surface area (Å²) in [5.41, 5.74) is 1.53. The molecule has 7 nitrogen and oxygen atoms in total. The van der Waals surface area contributed by atoms with Gasteiger partial charge >= 0.3 is 0 Å². The van der Waals surface area contributed by atoms with Gasteiger partial charge in [0.1, 0.15) is 24.5 Å². The van der Waals surface area contributed by atoms with Crippen LogP contribution < -0.4 is 15.2 Å². The molecule has 0 amide bonds.